The van der Waals surface area contributed by atoms with Crippen molar-refractivity contribution < 1.29 is 29.1 Å². The van der Waals surface area contributed by atoms with Crippen LogP contribution in [-0.2, 0) is 24.0 Å². The average Bonchev–Trinajstić information content (AvgIpc) is 2.75. The van der Waals surface area contributed by atoms with Crippen LogP contribution in [0.1, 0.15) is 59.8 Å². The summed E-state index contributed by atoms with van der Waals surface area (Å²) in [4.78, 5) is 65.1. The van der Waals surface area contributed by atoms with E-state index in [0.717, 1.165) is 0 Å². The van der Waals surface area contributed by atoms with Gasteiger partial charge >= 0.3 is 5.97 Å². The van der Waals surface area contributed by atoms with E-state index in [1.165, 1.54) is 0 Å². The zero-order chi connectivity index (χ0) is 28.0. The molecule has 0 aliphatic carbocycles. The average molecular weight is 515 g/mol. The summed E-state index contributed by atoms with van der Waals surface area (Å²) in [7, 11) is 0. The van der Waals surface area contributed by atoms with Crippen LogP contribution in [0.3, 0.4) is 0 Å². The Morgan fingerprint density at radius 2 is 1.36 bits per heavy atom. The lowest BCUT2D eigenvalue weighted by Gasteiger charge is -2.26. The molecule has 0 bridgehead atoms. The second-order valence-corrected chi connectivity index (χ2v) is 9.38. The Bertz CT molecular complexity index is 797. The van der Waals surface area contributed by atoms with Crippen LogP contribution in [0.4, 0.5) is 0 Å². The number of nitrogens with zero attached hydrogens (tertiary/aromatic N) is 1. The van der Waals surface area contributed by atoms with E-state index in [-0.39, 0.29) is 37.7 Å². The van der Waals surface area contributed by atoms with Crippen molar-refractivity contribution in [1.29, 1.82) is 0 Å². The Morgan fingerprint density at radius 3 is 1.83 bits per heavy atom. The lowest BCUT2D eigenvalue weighted by atomic mass is 10.0. The zero-order valence-electron chi connectivity index (χ0n) is 21.5. The topological polar surface area (TPSA) is 258 Å². The Kier molecular flexibility index (Phi) is 14.7. The second kappa shape index (κ2) is 16.3. The van der Waals surface area contributed by atoms with Crippen LogP contribution in [0.15, 0.2) is 4.99 Å². The summed E-state index contributed by atoms with van der Waals surface area (Å²) >= 11 is 0. The Labute approximate surface area is 211 Å². The molecular formula is C22H42N8O6. The second-order valence-electron chi connectivity index (χ2n) is 9.38. The normalized spacial score (nSPS) is 14.3. The molecule has 0 aromatic rings. The maximum absolute atomic E-state index is 13.1. The van der Waals surface area contributed by atoms with E-state index in [1.807, 2.05) is 13.8 Å². The quantitative estimate of drug-likeness (QED) is 0.0598. The maximum atomic E-state index is 13.1. The fourth-order valence-electron chi connectivity index (χ4n) is 3.26. The van der Waals surface area contributed by atoms with E-state index in [0.29, 0.717) is 12.8 Å². The molecule has 0 aliphatic heterocycles. The minimum atomic E-state index is -1.27. The molecule has 0 aromatic heterocycles. The summed E-state index contributed by atoms with van der Waals surface area (Å²) in [5, 5.41) is 16.8. The highest BCUT2D eigenvalue weighted by molar-refractivity contribution is 5.94. The molecule has 4 unspecified atom stereocenters. The molecule has 0 fully saturated rings. The van der Waals surface area contributed by atoms with E-state index in [9.17, 15) is 29.1 Å². The molecule has 14 heteroatoms. The van der Waals surface area contributed by atoms with Crippen molar-refractivity contribution in [3.63, 3.8) is 0 Å². The number of carbonyl (C=O) groups excluding carboxylic acids is 4. The predicted molar refractivity (Wildman–Crippen MR) is 134 cm³/mol. The molecule has 12 N–H and O–H groups in total. The van der Waals surface area contributed by atoms with Crippen LogP contribution in [0.25, 0.3) is 0 Å². The summed E-state index contributed by atoms with van der Waals surface area (Å²) in [6, 6.07) is -4.43. The molecule has 0 aliphatic rings. The van der Waals surface area contributed by atoms with Crippen molar-refractivity contribution in [2.75, 3.05) is 6.54 Å². The Hall–Kier alpha value is -3.42. The molecule has 0 radical (unpaired) electrons. The van der Waals surface area contributed by atoms with Gasteiger partial charge in [-0.3, -0.25) is 24.2 Å². The summed E-state index contributed by atoms with van der Waals surface area (Å²) in [6.07, 6.45) is 0.431. The summed E-state index contributed by atoms with van der Waals surface area (Å²) in [6.45, 7) is 7.21. The number of aliphatic carboxylic acids is 1. The van der Waals surface area contributed by atoms with Crippen molar-refractivity contribution in [3.8, 4) is 0 Å². The molecule has 206 valence electrons. The van der Waals surface area contributed by atoms with Crippen LogP contribution >= 0.6 is 0 Å². The first-order chi connectivity index (χ1) is 16.6. The first-order valence-corrected chi connectivity index (χ1v) is 11.9. The van der Waals surface area contributed by atoms with E-state index < -0.39 is 59.7 Å². The number of nitrogens with two attached hydrogens (primary N) is 4. The van der Waals surface area contributed by atoms with Gasteiger partial charge in [-0.1, -0.05) is 27.7 Å². The van der Waals surface area contributed by atoms with Gasteiger partial charge in [0.05, 0.1) is 6.04 Å². The zero-order valence-corrected chi connectivity index (χ0v) is 21.5. The van der Waals surface area contributed by atoms with E-state index >= 15 is 0 Å². The highest BCUT2D eigenvalue weighted by Crippen LogP contribution is 2.08. The van der Waals surface area contributed by atoms with Gasteiger partial charge in [0.25, 0.3) is 0 Å². The highest BCUT2D eigenvalue weighted by atomic mass is 16.4. The lowest BCUT2D eigenvalue weighted by Crippen LogP contribution is -2.57. The molecule has 0 rings (SSSR count). The third-order valence-electron chi connectivity index (χ3n) is 5.18. The van der Waals surface area contributed by atoms with Crippen LogP contribution in [0.2, 0.25) is 0 Å². The molecule has 0 spiro atoms. The Balaban J connectivity index is 5.67. The predicted octanol–water partition coefficient (Wildman–Crippen LogP) is -2.13. The lowest BCUT2D eigenvalue weighted by molar-refractivity contribution is -0.143. The van der Waals surface area contributed by atoms with E-state index in [4.69, 9.17) is 22.9 Å². The molecule has 36 heavy (non-hydrogen) atoms. The molecule has 14 nitrogen and oxygen atoms in total. The number of carbonyl (C=O) groups is 5. The summed E-state index contributed by atoms with van der Waals surface area (Å²) < 4.78 is 0. The number of rotatable bonds is 17. The van der Waals surface area contributed by atoms with Gasteiger partial charge in [-0.25, -0.2) is 4.79 Å². The van der Waals surface area contributed by atoms with Crippen LogP contribution in [0.5, 0.6) is 0 Å². The number of hydrogen-bond acceptors (Lipinski definition) is 7. The van der Waals surface area contributed by atoms with Crippen LogP contribution in [0, 0.1) is 11.8 Å². The number of nitrogens with one attached hydrogen (secondary N) is 3. The highest BCUT2D eigenvalue weighted by Gasteiger charge is 2.31. The maximum Gasteiger partial charge on any atom is 0.326 e. The van der Waals surface area contributed by atoms with Crippen LogP contribution in [-0.4, -0.2) is 71.4 Å². The molecule has 0 heterocycles. The van der Waals surface area contributed by atoms with Gasteiger partial charge in [0.1, 0.15) is 18.1 Å². The molecule has 4 amide bonds. The fraction of sp³-hybridized carbons (Fsp3) is 0.727. The molecular weight excluding hydrogens is 472 g/mol. The number of aliphatic imine (C=N–C) groups is 1. The SMILES string of the molecule is CC(C)CC(N)C(=O)NC(CCCN=C(N)N)C(=O)NC(CCC(N)=O)C(=O)NC(C(=O)O)C(C)C. The fourth-order valence-corrected chi connectivity index (χ4v) is 3.26. The van der Waals surface area contributed by atoms with Crippen molar-refractivity contribution in [2.45, 2.75) is 84.0 Å². The van der Waals surface area contributed by atoms with E-state index in [2.05, 4.69) is 20.9 Å². The van der Waals surface area contributed by atoms with Gasteiger partial charge in [0.2, 0.25) is 23.6 Å². The van der Waals surface area contributed by atoms with Gasteiger partial charge in [-0.05, 0) is 37.5 Å². The largest absolute Gasteiger partial charge is 0.480 e. The smallest absolute Gasteiger partial charge is 0.326 e. The number of primary amides is 1. The third kappa shape index (κ3) is 13.5. The molecule has 0 aromatic carbocycles. The molecule has 0 saturated carbocycles. The first-order valence-electron chi connectivity index (χ1n) is 11.9. The van der Waals surface area contributed by atoms with Crippen molar-refractivity contribution >= 4 is 35.6 Å². The minimum absolute atomic E-state index is 0.122. The van der Waals surface area contributed by atoms with Gasteiger partial charge in [-0.2, -0.15) is 0 Å². The monoisotopic (exact) mass is 514 g/mol. The third-order valence-corrected chi connectivity index (χ3v) is 5.18. The van der Waals surface area contributed by atoms with E-state index in [1.54, 1.807) is 13.8 Å². The Morgan fingerprint density at radius 1 is 0.833 bits per heavy atom. The van der Waals surface area contributed by atoms with Crippen molar-refractivity contribution in [2.24, 2.45) is 39.8 Å². The number of carboxylic acid groups (broad SMARTS) is 1. The van der Waals surface area contributed by atoms with Crippen molar-refractivity contribution in [3.05, 3.63) is 0 Å². The number of carboxylic acids is 1. The number of amides is 4. The standard InChI is InChI=1S/C22H42N8O6/c1-11(2)10-13(23)18(32)28-14(6-5-9-27-22(25)26)19(33)29-15(7-8-16(24)31)20(34)30-17(12(3)4)21(35)36/h11-15,17H,5-10,23H2,1-4H3,(H2,24,31)(H,28,32)(H,29,33)(H,30,34)(H,35,36)(H4,25,26,27). The summed E-state index contributed by atoms with van der Waals surface area (Å²) in [5.41, 5.74) is 21.8. The first kappa shape index (κ1) is 32.6. The molecule has 0 saturated heterocycles. The van der Waals surface area contributed by atoms with Gasteiger partial charge in [-0.15, -0.1) is 0 Å². The number of guanidine groups is 1. The van der Waals surface area contributed by atoms with Gasteiger partial charge in [0, 0.05) is 13.0 Å². The van der Waals surface area contributed by atoms with Gasteiger partial charge in [0.15, 0.2) is 5.96 Å². The van der Waals surface area contributed by atoms with Crippen molar-refractivity contribution in [1.82, 2.24) is 16.0 Å². The van der Waals surface area contributed by atoms with Crippen LogP contribution < -0.4 is 38.9 Å². The minimum Gasteiger partial charge on any atom is -0.480 e. The molecule has 4 atom stereocenters. The summed E-state index contributed by atoms with van der Waals surface area (Å²) in [5.74, 6) is -4.44. The number of hydrogen-bond donors (Lipinski definition) is 8. The van der Waals surface area contributed by atoms with Gasteiger partial charge < -0.3 is 44.0 Å².